The third kappa shape index (κ3) is 3.75. The summed E-state index contributed by atoms with van der Waals surface area (Å²) in [7, 11) is 0. The maximum absolute atomic E-state index is 11.1. The lowest BCUT2D eigenvalue weighted by Crippen LogP contribution is -2.21. The van der Waals surface area contributed by atoms with Crippen molar-refractivity contribution in [3.05, 3.63) is 48.6 Å². The minimum atomic E-state index is -0.752. The Labute approximate surface area is 134 Å². The van der Waals surface area contributed by atoms with Gasteiger partial charge in [-0.2, -0.15) is 0 Å². The lowest BCUT2D eigenvalue weighted by atomic mass is 10.0. The number of halogens is 1. The molecule has 122 valence electrons. The van der Waals surface area contributed by atoms with Gasteiger partial charge < -0.3 is 9.47 Å². The first-order chi connectivity index (χ1) is 10.8. The molecule has 0 saturated carbocycles. The summed E-state index contributed by atoms with van der Waals surface area (Å²) in [6.07, 6.45) is 1.28. The number of carbonyl (C=O) groups excluding carboxylic acids is 1. The Morgan fingerprint density at radius 3 is 2.78 bits per heavy atom. The van der Waals surface area contributed by atoms with E-state index in [-0.39, 0.29) is 35.1 Å². The van der Waals surface area contributed by atoms with E-state index in [4.69, 9.17) is 21.1 Å². The molecular weight excluding hydrogens is 332 g/mol. The Bertz CT molecular complexity index is 717. The van der Waals surface area contributed by atoms with Crippen molar-refractivity contribution < 1.29 is 24.1 Å². The number of fused-ring (bicyclic) bond motifs is 1. The third-order valence-electron chi connectivity index (χ3n) is 3.08. The predicted molar refractivity (Wildman–Crippen MR) is 78.9 cm³/mol. The molecule has 0 fully saturated rings. The number of nitrogens with zero attached hydrogens (tertiary/aromatic N) is 2. The van der Waals surface area contributed by atoms with Gasteiger partial charge in [0.1, 0.15) is 18.5 Å². The van der Waals surface area contributed by atoms with E-state index < -0.39 is 21.9 Å². The number of ether oxygens (including phenoxy) is 2. The highest BCUT2D eigenvalue weighted by atomic mass is 35.5. The van der Waals surface area contributed by atoms with Gasteiger partial charge in [-0.15, -0.1) is 0 Å². The highest BCUT2D eigenvalue weighted by molar-refractivity contribution is 6.34. The highest BCUT2D eigenvalue weighted by Gasteiger charge is 2.31. The second-order valence-electron chi connectivity index (χ2n) is 4.72. The fourth-order valence-corrected chi connectivity index (χ4v) is 2.49. The van der Waals surface area contributed by atoms with Gasteiger partial charge in [0, 0.05) is 31.1 Å². The number of nitro groups is 2. The molecule has 9 nitrogen and oxygen atoms in total. The van der Waals surface area contributed by atoms with Crippen molar-refractivity contribution in [2.75, 3.05) is 6.61 Å². The lowest BCUT2D eigenvalue weighted by molar-refractivity contribution is -0.401. The summed E-state index contributed by atoms with van der Waals surface area (Å²) in [4.78, 5) is 31.0. The van der Waals surface area contributed by atoms with Gasteiger partial charge in [0.25, 0.3) is 5.69 Å². The average molecular weight is 343 g/mol. The van der Waals surface area contributed by atoms with E-state index in [0.29, 0.717) is 11.8 Å². The molecule has 1 aromatic carbocycles. The van der Waals surface area contributed by atoms with Crippen LogP contribution in [0.2, 0.25) is 5.02 Å². The molecule has 1 aliphatic heterocycles. The second-order valence-corrected chi connectivity index (χ2v) is 5.09. The van der Waals surface area contributed by atoms with Crippen LogP contribution >= 0.6 is 11.6 Å². The summed E-state index contributed by atoms with van der Waals surface area (Å²) in [5.41, 5.74) is 0.0148. The Balaban J connectivity index is 2.38. The number of carbonyl (C=O) groups is 1. The molecule has 23 heavy (non-hydrogen) atoms. The zero-order valence-electron chi connectivity index (χ0n) is 11.9. The highest BCUT2D eigenvalue weighted by Crippen LogP contribution is 2.43. The number of hydrogen-bond donors (Lipinski definition) is 0. The van der Waals surface area contributed by atoms with E-state index in [1.54, 1.807) is 0 Å². The molecule has 2 rings (SSSR count). The Kier molecular flexibility index (Phi) is 4.80. The minimum absolute atomic E-state index is 0.0196. The molecule has 0 spiro atoms. The summed E-state index contributed by atoms with van der Waals surface area (Å²) < 4.78 is 10.4. The zero-order valence-corrected chi connectivity index (χ0v) is 12.6. The Morgan fingerprint density at radius 2 is 2.22 bits per heavy atom. The van der Waals surface area contributed by atoms with Crippen LogP contribution in [0.15, 0.2) is 12.3 Å². The minimum Gasteiger partial charge on any atom is -0.485 e. The molecule has 1 aromatic rings. The van der Waals surface area contributed by atoms with Gasteiger partial charge in [-0.05, 0) is 0 Å². The third-order valence-corrected chi connectivity index (χ3v) is 3.45. The molecule has 1 atom stereocenters. The van der Waals surface area contributed by atoms with Crippen LogP contribution in [-0.2, 0) is 16.0 Å². The summed E-state index contributed by atoms with van der Waals surface area (Å²) in [6.45, 7) is 1.23. The largest absolute Gasteiger partial charge is 0.485 e. The number of benzene rings is 1. The standard InChI is InChI=1S/C13H11ClN2O7/c1-7(17)22-6-9-4-8-5-11(16(20)21)10(2-3-15(18)19)12(14)13(8)23-9/h2-3,5,9H,4,6H2,1H3/b3-2+. The first-order valence-corrected chi connectivity index (χ1v) is 6.79. The lowest BCUT2D eigenvalue weighted by Gasteiger charge is -2.11. The van der Waals surface area contributed by atoms with E-state index in [0.717, 1.165) is 6.08 Å². The smallest absolute Gasteiger partial charge is 0.302 e. The number of hydrogen-bond acceptors (Lipinski definition) is 7. The van der Waals surface area contributed by atoms with E-state index in [1.165, 1.54) is 13.0 Å². The molecule has 0 aromatic heterocycles. The molecule has 1 heterocycles. The van der Waals surface area contributed by atoms with Crippen LogP contribution in [0.1, 0.15) is 18.1 Å². The molecule has 0 bridgehead atoms. The quantitative estimate of drug-likeness (QED) is 0.457. The fourth-order valence-electron chi connectivity index (χ4n) is 2.16. The van der Waals surface area contributed by atoms with Crippen LogP contribution in [0.3, 0.4) is 0 Å². The molecule has 0 aliphatic carbocycles. The van der Waals surface area contributed by atoms with Crippen molar-refractivity contribution in [2.24, 2.45) is 0 Å². The number of nitro benzene ring substituents is 1. The van der Waals surface area contributed by atoms with E-state index in [1.807, 2.05) is 0 Å². The van der Waals surface area contributed by atoms with Crippen LogP contribution < -0.4 is 4.74 Å². The molecular formula is C13H11ClN2O7. The van der Waals surface area contributed by atoms with Gasteiger partial charge in [0.15, 0.2) is 0 Å². The van der Waals surface area contributed by atoms with Crippen LogP contribution in [0.25, 0.3) is 6.08 Å². The molecule has 0 N–H and O–H groups in total. The maximum Gasteiger partial charge on any atom is 0.302 e. The molecule has 0 radical (unpaired) electrons. The molecule has 1 aliphatic rings. The first-order valence-electron chi connectivity index (χ1n) is 6.41. The van der Waals surface area contributed by atoms with Crippen LogP contribution in [-0.4, -0.2) is 28.5 Å². The Hall–Kier alpha value is -2.68. The van der Waals surface area contributed by atoms with Gasteiger partial charge >= 0.3 is 5.97 Å². The summed E-state index contributed by atoms with van der Waals surface area (Å²) in [5.74, 6) is -0.270. The number of esters is 1. The summed E-state index contributed by atoms with van der Waals surface area (Å²) in [5, 5.41) is 21.5. The fraction of sp³-hybridized carbons (Fsp3) is 0.308. The first kappa shape index (κ1) is 16.7. The van der Waals surface area contributed by atoms with Gasteiger partial charge in [-0.25, -0.2) is 0 Å². The second kappa shape index (κ2) is 6.61. The predicted octanol–water partition coefficient (Wildman–Crippen LogP) is 2.36. The Morgan fingerprint density at radius 1 is 1.52 bits per heavy atom. The summed E-state index contributed by atoms with van der Waals surface area (Å²) in [6, 6.07) is 1.26. The van der Waals surface area contributed by atoms with Crippen molar-refractivity contribution in [1.29, 1.82) is 0 Å². The SMILES string of the molecule is CC(=O)OCC1Cc2cc([N+](=O)[O-])c(/C=C/[N+](=O)[O-])c(Cl)c2O1. The van der Waals surface area contributed by atoms with Crippen LogP contribution in [0.5, 0.6) is 5.75 Å². The maximum atomic E-state index is 11.1. The monoisotopic (exact) mass is 342 g/mol. The van der Waals surface area contributed by atoms with E-state index >= 15 is 0 Å². The summed E-state index contributed by atoms with van der Waals surface area (Å²) >= 11 is 6.10. The van der Waals surface area contributed by atoms with Crippen molar-refractivity contribution in [1.82, 2.24) is 0 Å². The number of rotatable bonds is 5. The van der Waals surface area contributed by atoms with Gasteiger partial charge in [-0.1, -0.05) is 11.6 Å². The molecule has 0 saturated heterocycles. The van der Waals surface area contributed by atoms with E-state index in [2.05, 4.69) is 0 Å². The van der Waals surface area contributed by atoms with Crippen LogP contribution in [0, 0.1) is 20.2 Å². The van der Waals surface area contributed by atoms with Gasteiger partial charge in [0.2, 0.25) is 6.20 Å². The molecule has 1 unspecified atom stereocenters. The van der Waals surface area contributed by atoms with Crippen molar-refractivity contribution in [2.45, 2.75) is 19.4 Å². The van der Waals surface area contributed by atoms with Gasteiger partial charge in [0.05, 0.1) is 20.4 Å². The van der Waals surface area contributed by atoms with Crippen molar-refractivity contribution in [3.8, 4) is 5.75 Å². The average Bonchev–Trinajstić information content (AvgIpc) is 2.87. The normalized spacial score (nSPS) is 16.0. The van der Waals surface area contributed by atoms with Crippen LogP contribution in [0.4, 0.5) is 5.69 Å². The van der Waals surface area contributed by atoms with Crippen molar-refractivity contribution >= 4 is 29.3 Å². The van der Waals surface area contributed by atoms with Crippen molar-refractivity contribution in [3.63, 3.8) is 0 Å². The van der Waals surface area contributed by atoms with E-state index in [9.17, 15) is 25.0 Å². The zero-order chi connectivity index (χ0) is 17.1. The molecule has 10 heteroatoms. The topological polar surface area (TPSA) is 122 Å². The molecule has 0 amide bonds. The van der Waals surface area contributed by atoms with Gasteiger partial charge in [-0.3, -0.25) is 25.0 Å².